The third-order valence-electron chi connectivity index (χ3n) is 4.28. The summed E-state index contributed by atoms with van der Waals surface area (Å²) < 4.78 is 0. The van der Waals surface area contributed by atoms with Crippen molar-refractivity contribution in [2.24, 2.45) is 17.1 Å². The zero-order valence-electron chi connectivity index (χ0n) is 10.9. The van der Waals surface area contributed by atoms with Gasteiger partial charge in [0.25, 0.3) is 0 Å². The topological polar surface area (TPSA) is 46.2 Å². The first-order valence-corrected chi connectivity index (χ1v) is 7.54. The Morgan fingerprint density at radius 3 is 2.62 bits per heavy atom. The fourth-order valence-electron chi connectivity index (χ4n) is 2.55. The summed E-state index contributed by atoms with van der Waals surface area (Å²) in [6, 6.07) is 0.334. The Morgan fingerprint density at radius 2 is 2.06 bits per heavy atom. The van der Waals surface area contributed by atoms with E-state index >= 15 is 0 Å². The van der Waals surface area contributed by atoms with Crippen LogP contribution in [0.2, 0.25) is 0 Å². The number of thioether (sulfide) groups is 1. The van der Waals surface area contributed by atoms with Gasteiger partial charge in [-0.3, -0.25) is 0 Å². The Hall–Kier alpha value is 0.270. The van der Waals surface area contributed by atoms with Gasteiger partial charge in [0.05, 0.1) is 6.61 Å². The van der Waals surface area contributed by atoms with Crippen molar-refractivity contribution in [1.82, 2.24) is 0 Å². The standard InChI is InChI=1S/C13H27NOS/c1-4-13(2,3)10-5-6-11(14)12(9-10)16-8-7-15/h10-12,15H,4-9,14H2,1-3H3. The van der Waals surface area contributed by atoms with Gasteiger partial charge < -0.3 is 10.8 Å². The van der Waals surface area contributed by atoms with E-state index in [0.29, 0.717) is 16.7 Å². The average molecular weight is 245 g/mol. The molecule has 96 valence electrons. The van der Waals surface area contributed by atoms with E-state index in [4.69, 9.17) is 10.8 Å². The lowest BCUT2D eigenvalue weighted by molar-refractivity contribution is 0.148. The van der Waals surface area contributed by atoms with Crippen LogP contribution in [0.4, 0.5) is 0 Å². The molecule has 0 bridgehead atoms. The molecule has 0 aromatic rings. The average Bonchev–Trinajstić information content (AvgIpc) is 2.27. The third-order valence-corrected chi connectivity index (χ3v) is 5.67. The van der Waals surface area contributed by atoms with Crippen molar-refractivity contribution in [1.29, 1.82) is 0 Å². The second-order valence-electron chi connectivity index (χ2n) is 5.65. The van der Waals surface area contributed by atoms with Crippen LogP contribution in [0.15, 0.2) is 0 Å². The Balaban J connectivity index is 2.53. The molecule has 1 aliphatic rings. The normalized spacial score (nSPS) is 31.7. The molecule has 0 aliphatic heterocycles. The highest BCUT2D eigenvalue weighted by atomic mass is 32.2. The highest BCUT2D eigenvalue weighted by molar-refractivity contribution is 7.99. The van der Waals surface area contributed by atoms with Gasteiger partial charge >= 0.3 is 0 Å². The Labute approximate surface area is 104 Å². The van der Waals surface area contributed by atoms with Gasteiger partial charge in [0, 0.05) is 17.0 Å². The lowest BCUT2D eigenvalue weighted by Crippen LogP contribution is -2.42. The van der Waals surface area contributed by atoms with E-state index in [0.717, 1.165) is 18.1 Å². The predicted molar refractivity (Wildman–Crippen MR) is 72.7 cm³/mol. The molecule has 0 spiro atoms. The second kappa shape index (κ2) is 6.27. The number of aliphatic hydroxyl groups is 1. The van der Waals surface area contributed by atoms with Gasteiger partial charge in [-0.15, -0.1) is 0 Å². The van der Waals surface area contributed by atoms with Gasteiger partial charge in [0.1, 0.15) is 0 Å². The van der Waals surface area contributed by atoms with Crippen molar-refractivity contribution in [2.45, 2.75) is 57.7 Å². The first kappa shape index (κ1) is 14.3. The monoisotopic (exact) mass is 245 g/mol. The Morgan fingerprint density at radius 1 is 1.38 bits per heavy atom. The molecule has 2 nitrogen and oxygen atoms in total. The minimum absolute atomic E-state index is 0.274. The number of hydrogen-bond donors (Lipinski definition) is 2. The molecule has 3 N–H and O–H groups in total. The van der Waals surface area contributed by atoms with Crippen LogP contribution in [-0.4, -0.2) is 28.8 Å². The molecule has 0 saturated heterocycles. The first-order chi connectivity index (χ1) is 7.51. The molecule has 0 aromatic heterocycles. The molecule has 1 fully saturated rings. The Kier molecular flexibility index (Phi) is 5.62. The highest BCUT2D eigenvalue weighted by Gasteiger charge is 2.35. The molecular weight excluding hydrogens is 218 g/mol. The van der Waals surface area contributed by atoms with Gasteiger partial charge in [-0.2, -0.15) is 11.8 Å². The Bertz CT molecular complexity index is 208. The van der Waals surface area contributed by atoms with Crippen molar-refractivity contribution < 1.29 is 5.11 Å². The zero-order chi connectivity index (χ0) is 12.2. The van der Waals surface area contributed by atoms with Crippen LogP contribution in [0.25, 0.3) is 0 Å². The SMILES string of the molecule is CCC(C)(C)C1CCC(N)C(SCCO)C1. The van der Waals surface area contributed by atoms with Crippen molar-refractivity contribution in [3.05, 3.63) is 0 Å². The summed E-state index contributed by atoms with van der Waals surface area (Å²) >= 11 is 1.86. The maximum Gasteiger partial charge on any atom is 0.0521 e. The van der Waals surface area contributed by atoms with Gasteiger partial charge in [0.15, 0.2) is 0 Å². The fourth-order valence-corrected chi connectivity index (χ4v) is 3.71. The minimum Gasteiger partial charge on any atom is -0.396 e. The van der Waals surface area contributed by atoms with Crippen LogP contribution in [0.1, 0.15) is 46.5 Å². The van der Waals surface area contributed by atoms with Gasteiger partial charge in [0.2, 0.25) is 0 Å². The zero-order valence-corrected chi connectivity index (χ0v) is 11.7. The van der Waals surface area contributed by atoms with Crippen LogP contribution >= 0.6 is 11.8 Å². The summed E-state index contributed by atoms with van der Waals surface area (Å²) in [6.07, 6.45) is 4.90. The molecule has 3 atom stereocenters. The summed E-state index contributed by atoms with van der Waals surface area (Å²) in [7, 11) is 0. The molecule has 1 aliphatic carbocycles. The molecule has 3 unspecified atom stereocenters. The van der Waals surface area contributed by atoms with Crippen molar-refractivity contribution in [3.8, 4) is 0 Å². The molecule has 0 heterocycles. The maximum absolute atomic E-state index is 8.89. The van der Waals surface area contributed by atoms with E-state index in [1.54, 1.807) is 0 Å². The molecule has 3 heteroatoms. The van der Waals surface area contributed by atoms with Crippen molar-refractivity contribution in [2.75, 3.05) is 12.4 Å². The molecule has 1 rings (SSSR count). The van der Waals surface area contributed by atoms with E-state index in [2.05, 4.69) is 20.8 Å². The number of rotatable bonds is 5. The smallest absolute Gasteiger partial charge is 0.0521 e. The van der Waals surface area contributed by atoms with E-state index in [9.17, 15) is 0 Å². The van der Waals surface area contributed by atoms with E-state index < -0.39 is 0 Å². The summed E-state index contributed by atoms with van der Waals surface area (Å²) in [4.78, 5) is 0. The van der Waals surface area contributed by atoms with Crippen molar-refractivity contribution in [3.63, 3.8) is 0 Å². The molecule has 1 saturated carbocycles. The largest absolute Gasteiger partial charge is 0.396 e. The highest BCUT2D eigenvalue weighted by Crippen LogP contribution is 2.42. The lowest BCUT2D eigenvalue weighted by Gasteiger charge is -2.41. The summed E-state index contributed by atoms with van der Waals surface area (Å²) in [5, 5.41) is 9.45. The van der Waals surface area contributed by atoms with E-state index in [-0.39, 0.29) is 6.61 Å². The van der Waals surface area contributed by atoms with Gasteiger partial charge in [-0.25, -0.2) is 0 Å². The van der Waals surface area contributed by atoms with Crippen LogP contribution in [0.3, 0.4) is 0 Å². The third kappa shape index (κ3) is 3.64. The molecule has 0 radical (unpaired) electrons. The molecule has 0 aromatic carbocycles. The maximum atomic E-state index is 8.89. The van der Waals surface area contributed by atoms with Crippen molar-refractivity contribution >= 4 is 11.8 Å². The predicted octanol–water partition coefficient (Wildman–Crippen LogP) is 2.64. The summed E-state index contributed by atoms with van der Waals surface area (Å²) in [6.45, 7) is 7.31. The lowest BCUT2D eigenvalue weighted by atomic mass is 9.69. The van der Waals surface area contributed by atoms with Crippen LogP contribution in [-0.2, 0) is 0 Å². The van der Waals surface area contributed by atoms with E-state index in [1.165, 1.54) is 19.3 Å². The second-order valence-corrected chi connectivity index (χ2v) is 7.00. The minimum atomic E-state index is 0.274. The number of nitrogens with two attached hydrogens (primary N) is 1. The summed E-state index contributed by atoms with van der Waals surface area (Å²) in [5.74, 6) is 1.63. The fraction of sp³-hybridized carbons (Fsp3) is 1.00. The van der Waals surface area contributed by atoms with Gasteiger partial charge in [-0.05, 0) is 30.6 Å². The van der Waals surface area contributed by atoms with E-state index in [1.807, 2.05) is 11.8 Å². The van der Waals surface area contributed by atoms with Crippen LogP contribution in [0, 0.1) is 11.3 Å². The molecular formula is C13H27NOS. The van der Waals surface area contributed by atoms with Crippen LogP contribution in [0.5, 0.6) is 0 Å². The van der Waals surface area contributed by atoms with Crippen LogP contribution < -0.4 is 5.73 Å². The molecule has 0 amide bonds. The summed E-state index contributed by atoms with van der Waals surface area (Å²) in [5.41, 5.74) is 6.61. The number of hydrogen-bond acceptors (Lipinski definition) is 3. The van der Waals surface area contributed by atoms with Gasteiger partial charge in [-0.1, -0.05) is 27.2 Å². The number of aliphatic hydroxyl groups excluding tert-OH is 1. The quantitative estimate of drug-likeness (QED) is 0.783. The first-order valence-electron chi connectivity index (χ1n) is 6.49. The molecule has 16 heavy (non-hydrogen) atoms.